The topological polar surface area (TPSA) is 55.3 Å². The summed E-state index contributed by atoms with van der Waals surface area (Å²) < 4.78 is 5.14. The first-order valence-electron chi connectivity index (χ1n) is 6.46. The van der Waals surface area contributed by atoms with Gasteiger partial charge in [0.15, 0.2) is 0 Å². The average Bonchev–Trinajstić information content (AvgIpc) is 2.40. The van der Waals surface area contributed by atoms with Crippen LogP contribution in [0.1, 0.15) is 26.7 Å². The predicted octanol–water partition coefficient (Wildman–Crippen LogP) is 2.30. The van der Waals surface area contributed by atoms with Crippen molar-refractivity contribution in [2.45, 2.75) is 26.7 Å². The second kappa shape index (κ2) is 5.74. The Labute approximate surface area is 117 Å². The number of hydrogen-bond acceptors (Lipinski definition) is 5. The van der Waals surface area contributed by atoms with E-state index >= 15 is 0 Å². The highest BCUT2D eigenvalue weighted by atomic mass is 35.5. The summed E-state index contributed by atoms with van der Waals surface area (Å²) in [7, 11) is 0. The lowest BCUT2D eigenvalue weighted by Gasteiger charge is -2.37. The van der Waals surface area contributed by atoms with Crippen LogP contribution in [0.15, 0.2) is 12.3 Å². The van der Waals surface area contributed by atoms with Crippen LogP contribution >= 0.6 is 11.6 Å². The van der Waals surface area contributed by atoms with Crippen molar-refractivity contribution in [3.63, 3.8) is 0 Å². The van der Waals surface area contributed by atoms with Crippen LogP contribution in [0.2, 0.25) is 5.28 Å². The van der Waals surface area contributed by atoms with Gasteiger partial charge in [0.1, 0.15) is 5.82 Å². The molecule has 0 unspecified atom stereocenters. The molecule has 6 heteroatoms. The maximum absolute atomic E-state index is 11.9. The van der Waals surface area contributed by atoms with Gasteiger partial charge in [-0.1, -0.05) is 0 Å². The molecule has 0 bridgehead atoms. The molecule has 0 radical (unpaired) electrons. The molecule has 1 aliphatic rings. The maximum Gasteiger partial charge on any atom is 0.311 e. The minimum atomic E-state index is -0.386. The van der Waals surface area contributed by atoms with Crippen LogP contribution in [-0.2, 0) is 9.53 Å². The monoisotopic (exact) mass is 283 g/mol. The zero-order chi connectivity index (χ0) is 13.9. The predicted molar refractivity (Wildman–Crippen MR) is 73.2 cm³/mol. The number of nitrogens with zero attached hydrogens (tertiary/aromatic N) is 3. The molecule has 0 N–H and O–H groups in total. The van der Waals surface area contributed by atoms with Gasteiger partial charge >= 0.3 is 5.97 Å². The van der Waals surface area contributed by atoms with Gasteiger partial charge in [-0.05, 0) is 44.4 Å². The van der Waals surface area contributed by atoms with Crippen molar-refractivity contribution in [2.75, 3.05) is 24.6 Å². The summed E-state index contributed by atoms with van der Waals surface area (Å²) in [5.74, 6) is 0.710. The quantitative estimate of drug-likeness (QED) is 0.629. The highest BCUT2D eigenvalue weighted by Gasteiger charge is 2.38. The van der Waals surface area contributed by atoms with Crippen LogP contribution in [0.5, 0.6) is 0 Å². The van der Waals surface area contributed by atoms with E-state index in [1.165, 1.54) is 0 Å². The highest BCUT2D eigenvalue weighted by Crippen LogP contribution is 2.33. The van der Waals surface area contributed by atoms with E-state index in [0.717, 1.165) is 31.7 Å². The van der Waals surface area contributed by atoms with Gasteiger partial charge in [0.25, 0.3) is 0 Å². The molecule has 1 saturated heterocycles. The maximum atomic E-state index is 11.9. The minimum Gasteiger partial charge on any atom is -0.466 e. The molecule has 2 heterocycles. The number of rotatable bonds is 3. The van der Waals surface area contributed by atoms with Crippen LogP contribution in [0, 0.1) is 5.41 Å². The first-order valence-corrected chi connectivity index (χ1v) is 6.84. The second-order valence-electron chi connectivity index (χ2n) is 4.95. The molecule has 0 aromatic carbocycles. The summed E-state index contributed by atoms with van der Waals surface area (Å²) in [6.45, 7) is 5.76. The number of hydrogen-bond donors (Lipinski definition) is 0. The lowest BCUT2D eigenvalue weighted by molar-refractivity contribution is -0.155. The molecular formula is C13H18ClN3O2. The molecule has 5 nitrogen and oxygen atoms in total. The zero-order valence-corrected chi connectivity index (χ0v) is 12.0. The van der Waals surface area contributed by atoms with Crippen LogP contribution in [0.3, 0.4) is 0 Å². The molecule has 19 heavy (non-hydrogen) atoms. The number of ether oxygens (including phenoxy) is 1. The molecule has 2 rings (SSSR count). The Hall–Kier alpha value is -1.36. The van der Waals surface area contributed by atoms with E-state index in [-0.39, 0.29) is 16.7 Å². The number of esters is 1. The third-order valence-corrected chi connectivity index (χ3v) is 3.75. The molecule has 0 saturated carbocycles. The molecule has 0 amide bonds. The first kappa shape index (κ1) is 14.1. The Balaban J connectivity index is 2.01. The number of halogens is 1. The van der Waals surface area contributed by atoms with E-state index in [9.17, 15) is 4.79 Å². The Bertz CT molecular complexity index is 459. The lowest BCUT2D eigenvalue weighted by atomic mass is 9.80. The molecule has 1 aromatic rings. The molecule has 1 fully saturated rings. The number of anilines is 1. The van der Waals surface area contributed by atoms with Gasteiger partial charge in [-0.25, -0.2) is 9.97 Å². The van der Waals surface area contributed by atoms with Gasteiger partial charge in [0.2, 0.25) is 5.28 Å². The smallest absolute Gasteiger partial charge is 0.311 e. The Morgan fingerprint density at radius 3 is 2.79 bits per heavy atom. The molecule has 104 valence electrons. The van der Waals surface area contributed by atoms with Crippen molar-refractivity contribution in [2.24, 2.45) is 5.41 Å². The zero-order valence-electron chi connectivity index (χ0n) is 11.2. The van der Waals surface area contributed by atoms with E-state index in [4.69, 9.17) is 16.3 Å². The standard InChI is InChI=1S/C13H18ClN3O2/c1-3-19-11(18)13(2)5-8-17(9-6-13)10-4-7-15-12(14)16-10/h4,7H,3,5-6,8-9H2,1-2H3. The summed E-state index contributed by atoms with van der Waals surface area (Å²) >= 11 is 5.79. The van der Waals surface area contributed by atoms with Crippen LogP contribution < -0.4 is 4.90 Å². The van der Waals surface area contributed by atoms with Crippen molar-refractivity contribution in [3.05, 3.63) is 17.5 Å². The van der Waals surface area contributed by atoms with Gasteiger partial charge < -0.3 is 9.64 Å². The van der Waals surface area contributed by atoms with E-state index < -0.39 is 0 Å². The van der Waals surface area contributed by atoms with Gasteiger partial charge in [-0.15, -0.1) is 0 Å². The normalized spacial score (nSPS) is 18.2. The van der Waals surface area contributed by atoms with E-state index in [0.29, 0.717) is 6.61 Å². The Morgan fingerprint density at radius 1 is 1.53 bits per heavy atom. The van der Waals surface area contributed by atoms with E-state index in [1.807, 2.05) is 19.9 Å². The highest BCUT2D eigenvalue weighted by molar-refractivity contribution is 6.28. The second-order valence-corrected chi connectivity index (χ2v) is 5.29. The van der Waals surface area contributed by atoms with E-state index in [2.05, 4.69) is 14.9 Å². The SMILES string of the molecule is CCOC(=O)C1(C)CCN(c2ccnc(Cl)n2)CC1. The molecule has 0 aliphatic carbocycles. The van der Waals surface area contributed by atoms with Gasteiger partial charge in [0.05, 0.1) is 12.0 Å². The summed E-state index contributed by atoms with van der Waals surface area (Å²) in [6, 6.07) is 1.83. The largest absolute Gasteiger partial charge is 0.466 e. The molecule has 0 atom stereocenters. The molecular weight excluding hydrogens is 266 g/mol. The minimum absolute atomic E-state index is 0.102. The Kier molecular flexibility index (Phi) is 4.24. The van der Waals surface area contributed by atoms with Gasteiger partial charge in [-0.2, -0.15) is 0 Å². The fraction of sp³-hybridized carbons (Fsp3) is 0.615. The number of carbonyl (C=O) groups excluding carboxylic acids is 1. The summed E-state index contributed by atoms with van der Waals surface area (Å²) in [4.78, 5) is 22.1. The van der Waals surface area contributed by atoms with Crippen LogP contribution in [0.25, 0.3) is 0 Å². The van der Waals surface area contributed by atoms with Crippen molar-refractivity contribution in [3.8, 4) is 0 Å². The first-order chi connectivity index (χ1) is 9.05. The van der Waals surface area contributed by atoms with Crippen molar-refractivity contribution >= 4 is 23.4 Å². The van der Waals surface area contributed by atoms with Crippen molar-refractivity contribution < 1.29 is 9.53 Å². The molecule has 0 spiro atoms. The van der Waals surface area contributed by atoms with Crippen LogP contribution in [-0.4, -0.2) is 35.6 Å². The summed E-state index contributed by atoms with van der Waals surface area (Å²) in [5.41, 5.74) is -0.386. The fourth-order valence-electron chi connectivity index (χ4n) is 2.24. The average molecular weight is 284 g/mol. The number of aromatic nitrogens is 2. The van der Waals surface area contributed by atoms with E-state index in [1.54, 1.807) is 6.20 Å². The molecule has 1 aliphatic heterocycles. The summed E-state index contributed by atoms with van der Waals surface area (Å²) in [6.07, 6.45) is 3.16. The number of piperidine rings is 1. The fourth-order valence-corrected chi connectivity index (χ4v) is 2.38. The van der Waals surface area contributed by atoms with Gasteiger partial charge in [0, 0.05) is 19.3 Å². The number of carbonyl (C=O) groups is 1. The van der Waals surface area contributed by atoms with Crippen LogP contribution in [0.4, 0.5) is 5.82 Å². The Morgan fingerprint density at radius 2 is 2.21 bits per heavy atom. The summed E-state index contributed by atoms with van der Waals surface area (Å²) in [5, 5.41) is 0.247. The molecule has 1 aromatic heterocycles. The lowest BCUT2D eigenvalue weighted by Crippen LogP contribution is -2.43. The third-order valence-electron chi connectivity index (χ3n) is 3.57. The van der Waals surface area contributed by atoms with Crippen molar-refractivity contribution in [1.82, 2.24) is 9.97 Å². The van der Waals surface area contributed by atoms with Gasteiger partial charge in [-0.3, -0.25) is 4.79 Å². The van der Waals surface area contributed by atoms with Crippen molar-refractivity contribution in [1.29, 1.82) is 0 Å². The third kappa shape index (κ3) is 3.15.